The topological polar surface area (TPSA) is 45.7 Å². The fourth-order valence-electron chi connectivity index (χ4n) is 4.59. The standard InChI is InChI=1S/C20H29N3O2/c1-22-12-18(14-25-13-16-2-3-16)20(15-22)6-10-23(11-7-20)19(24)17-4-8-21-9-5-17/h4-5,8-9,16,18H,2-3,6-7,10-15H2,1H3. The van der Waals surface area contributed by atoms with Crippen molar-refractivity contribution in [1.82, 2.24) is 14.8 Å². The maximum Gasteiger partial charge on any atom is 0.253 e. The average molecular weight is 343 g/mol. The molecule has 2 aliphatic heterocycles. The van der Waals surface area contributed by atoms with E-state index >= 15 is 0 Å². The first-order valence-electron chi connectivity index (χ1n) is 9.62. The first-order chi connectivity index (χ1) is 12.2. The van der Waals surface area contributed by atoms with E-state index in [1.807, 2.05) is 17.0 Å². The molecule has 2 saturated heterocycles. The third-order valence-corrected chi connectivity index (χ3v) is 6.33. The summed E-state index contributed by atoms with van der Waals surface area (Å²) < 4.78 is 6.05. The normalized spacial score (nSPS) is 26.3. The molecule has 1 saturated carbocycles. The molecule has 1 amide bonds. The summed E-state index contributed by atoms with van der Waals surface area (Å²) in [5, 5.41) is 0. The van der Waals surface area contributed by atoms with Crippen LogP contribution in [-0.4, -0.2) is 67.1 Å². The van der Waals surface area contributed by atoms with Crippen molar-refractivity contribution >= 4 is 5.91 Å². The molecular formula is C20H29N3O2. The number of ether oxygens (including phenoxy) is 1. The second-order valence-electron chi connectivity index (χ2n) is 8.26. The summed E-state index contributed by atoms with van der Waals surface area (Å²) in [6.07, 6.45) is 8.26. The van der Waals surface area contributed by atoms with Crippen LogP contribution < -0.4 is 0 Å². The molecule has 1 atom stereocenters. The predicted molar refractivity (Wildman–Crippen MR) is 96.3 cm³/mol. The van der Waals surface area contributed by atoms with Crippen molar-refractivity contribution < 1.29 is 9.53 Å². The number of amides is 1. The SMILES string of the molecule is CN1CC(COCC2CC2)C2(CCN(C(=O)c3ccncc3)CC2)C1. The molecule has 1 aromatic rings. The summed E-state index contributed by atoms with van der Waals surface area (Å²) in [7, 11) is 2.22. The Morgan fingerprint density at radius 1 is 1.24 bits per heavy atom. The van der Waals surface area contributed by atoms with E-state index in [1.54, 1.807) is 12.4 Å². The van der Waals surface area contributed by atoms with Crippen LogP contribution in [0, 0.1) is 17.3 Å². The minimum atomic E-state index is 0.144. The van der Waals surface area contributed by atoms with E-state index < -0.39 is 0 Å². The molecule has 1 spiro atoms. The van der Waals surface area contributed by atoms with E-state index in [9.17, 15) is 4.79 Å². The Labute approximate surface area is 150 Å². The largest absolute Gasteiger partial charge is 0.381 e. The van der Waals surface area contributed by atoms with Crippen LogP contribution in [0.25, 0.3) is 0 Å². The van der Waals surface area contributed by atoms with Gasteiger partial charge < -0.3 is 14.5 Å². The maximum atomic E-state index is 12.7. The van der Waals surface area contributed by atoms with Gasteiger partial charge in [-0.1, -0.05) is 0 Å². The van der Waals surface area contributed by atoms with Gasteiger partial charge in [-0.2, -0.15) is 0 Å². The number of pyridine rings is 1. The molecular weight excluding hydrogens is 314 g/mol. The minimum Gasteiger partial charge on any atom is -0.381 e. The molecule has 3 heterocycles. The summed E-state index contributed by atoms with van der Waals surface area (Å²) in [6, 6.07) is 3.62. The third-order valence-electron chi connectivity index (χ3n) is 6.33. The van der Waals surface area contributed by atoms with Crippen molar-refractivity contribution in [3.8, 4) is 0 Å². The van der Waals surface area contributed by atoms with Crippen molar-refractivity contribution in [2.75, 3.05) is 46.4 Å². The summed E-state index contributed by atoms with van der Waals surface area (Å²) in [5.74, 6) is 1.58. The molecule has 1 aromatic heterocycles. The fourth-order valence-corrected chi connectivity index (χ4v) is 4.59. The van der Waals surface area contributed by atoms with Crippen LogP contribution in [-0.2, 0) is 4.74 Å². The van der Waals surface area contributed by atoms with Gasteiger partial charge in [-0.3, -0.25) is 9.78 Å². The molecule has 0 radical (unpaired) electrons. The van der Waals surface area contributed by atoms with Crippen LogP contribution in [0.5, 0.6) is 0 Å². The van der Waals surface area contributed by atoms with Crippen LogP contribution in [0.1, 0.15) is 36.0 Å². The molecule has 4 rings (SSSR count). The maximum absolute atomic E-state index is 12.7. The summed E-state index contributed by atoms with van der Waals surface area (Å²) in [4.78, 5) is 21.1. The van der Waals surface area contributed by atoms with E-state index in [4.69, 9.17) is 4.74 Å². The van der Waals surface area contributed by atoms with E-state index in [-0.39, 0.29) is 5.91 Å². The van der Waals surface area contributed by atoms with Gasteiger partial charge in [0.2, 0.25) is 0 Å². The minimum absolute atomic E-state index is 0.144. The van der Waals surface area contributed by atoms with Crippen LogP contribution in [0.2, 0.25) is 0 Å². The van der Waals surface area contributed by atoms with Crippen molar-refractivity contribution in [1.29, 1.82) is 0 Å². The van der Waals surface area contributed by atoms with E-state index in [0.29, 0.717) is 11.3 Å². The van der Waals surface area contributed by atoms with Gasteiger partial charge in [-0.25, -0.2) is 0 Å². The molecule has 0 aromatic carbocycles. The predicted octanol–water partition coefficient (Wildman–Crippen LogP) is 2.29. The zero-order valence-electron chi connectivity index (χ0n) is 15.2. The van der Waals surface area contributed by atoms with Crippen LogP contribution in [0.4, 0.5) is 0 Å². The Hall–Kier alpha value is -1.46. The number of hydrogen-bond acceptors (Lipinski definition) is 4. The zero-order chi connectivity index (χ0) is 17.3. The van der Waals surface area contributed by atoms with Crippen LogP contribution in [0.3, 0.4) is 0 Å². The quantitative estimate of drug-likeness (QED) is 0.823. The van der Waals surface area contributed by atoms with Gasteiger partial charge >= 0.3 is 0 Å². The number of rotatable bonds is 5. The number of nitrogens with zero attached hydrogens (tertiary/aromatic N) is 3. The van der Waals surface area contributed by atoms with Crippen molar-refractivity contribution in [3.05, 3.63) is 30.1 Å². The molecule has 136 valence electrons. The lowest BCUT2D eigenvalue weighted by Crippen LogP contribution is -2.47. The summed E-state index contributed by atoms with van der Waals surface area (Å²) in [6.45, 7) is 5.81. The molecule has 25 heavy (non-hydrogen) atoms. The number of aromatic nitrogens is 1. The molecule has 0 bridgehead atoms. The van der Waals surface area contributed by atoms with Crippen molar-refractivity contribution in [2.45, 2.75) is 25.7 Å². The highest BCUT2D eigenvalue weighted by atomic mass is 16.5. The number of carbonyl (C=O) groups excluding carboxylic acids is 1. The van der Waals surface area contributed by atoms with Gasteiger partial charge in [0.1, 0.15) is 0 Å². The Balaban J connectivity index is 1.35. The Morgan fingerprint density at radius 2 is 1.96 bits per heavy atom. The smallest absolute Gasteiger partial charge is 0.253 e. The molecule has 0 N–H and O–H groups in total. The summed E-state index contributed by atoms with van der Waals surface area (Å²) in [5.41, 5.74) is 1.08. The highest BCUT2D eigenvalue weighted by molar-refractivity contribution is 5.94. The molecule has 5 nitrogen and oxygen atoms in total. The third kappa shape index (κ3) is 3.72. The van der Waals surface area contributed by atoms with Crippen LogP contribution >= 0.6 is 0 Å². The Bertz CT molecular complexity index is 594. The van der Waals surface area contributed by atoms with E-state index in [0.717, 1.165) is 63.7 Å². The van der Waals surface area contributed by atoms with Crippen molar-refractivity contribution in [3.63, 3.8) is 0 Å². The summed E-state index contributed by atoms with van der Waals surface area (Å²) >= 11 is 0. The Morgan fingerprint density at radius 3 is 2.64 bits per heavy atom. The molecule has 3 fully saturated rings. The lowest BCUT2D eigenvalue weighted by Gasteiger charge is -2.42. The molecule has 1 aliphatic carbocycles. The number of piperidine rings is 1. The van der Waals surface area contributed by atoms with Gasteiger partial charge in [-0.15, -0.1) is 0 Å². The number of likely N-dealkylation sites (tertiary alicyclic amines) is 2. The second kappa shape index (κ2) is 7.04. The van der Waals surface area contributed by atoms with Gasteiger partial charge in [0, 0.05) is 56.7 Å². The lowest BCUT2D eigenvalue weighted by atomic mass is 9.71. The monoisotopic (exact) mass is 343 g/mol. The van der Waals surface area contributed by atoms with Gasteiger partial charge in [0.05, 0.1) is 6.61 Å². The van der Waals surface area contributed by atoms with Crippen LogP contribution in [0.15, 0.2) is 24.5 Å². The Kier molecular flexibility index (Phi) is 4.78. The van der Waals surface area contributed by atoms with E-state index in [1.165, 1.54) is 12.8 Å². The highest BCUT2D eigenvalue weighted by Crippen LogP contribution is 2.44. The first kappa shape index (κ1) is 17.0. The van der Waals surface area contributed by atoms with Gasteiger partial charge in [0.25, 0.3) is 5.91 Å². The molecule has 5 heteroatoms. The lowest BCUT2D eigenvalue weighted by molar-refractivity contribution is 0.0180. The highest BCUT2D eigenvalue weighted by Gasteiger charge is 2.47. The number of carbonyl (C=O) groups is 1. The zero-order valence-corrected chi connectivity index (χ0v) is 15.2. The number of hydrogen-bond donors (Lipinski definition) is 0. The van der Waals surface area contributed by atoms with E-state index in [2.05, 4.69) is 16.9 Å². The van der Waals surface area contributed by atoms with Gasteiger partial charge in [-0.05, 0) is 56.2 Å². The molecule has 1 unspecified atom stereocenters. The second-order valence-corrected chi connectivity index (χ2v) is 8.26. The average Bonchev–Trinajstić information content (AvgIpc) is 3.41. The fraction of sp³-hybridized carbons (Fsp3) is 0.700. The molecule has 3 aliphatic rings. The van der Waals surface area contributed by atoms with Gasteiger partial charge in [0.15, 0.2) is 0 Å². The first-order valence-corrected chi connectivity index (χ1v) is 9.62. The van der Waals surface area contributed by atoms with Crippen molar-refractivity contribution in [2.24, 2.45) is 17.3 Å².